The molecule has 0 aliphatic rings. The zero-order valence-electron chi connectivity index (χ0n) is 21.4. The number of rotatable bonds is 13. The Hall–Kier alpha value is -3.39. The molecule has 0 radical (unpaired) electrons. The maximum atomic E-state index is 15.5. The predicted molar refractivity (Wildman–Crippen MR) is 139 cm³/mol. The van der Waals surface area contributed by atoms with Gasteiger partial charge in [-0.05, 0) is 25.3 Å². The quantitative estimate of drug-likeness (QED) is 0.133. The number of hydrogen-bond acceptors (Lipinski definition) is 10. The Balaban J connectivity index is 1.91. The van der Waals surface area contributed by atoms with E-state index in [-0.39, 0.29) is 12.4 Å². The number of aliphatic hydroxyl groups is 1. The summed E-state index contributed by atoms with van der Waals surface area (Å²) in [5.41, 5.74) is 1.67. The number of aliphatic hydroxyl groups excluding tert-OH is 1. The zero-order chi connectivity index (χ0) is 28.8. The molecule has 2 aromatic carbocycles. The molecule has 0 amide bonds. The monoisotopic (exact) mass is 568 g/mol. The first-order valence-electron chi connectivity index (χ1n) is 11.8. The minimum atomic E-state index is -4.52. The summed E-state index contributed by atoms with van der Waals surface area (Å²) >= 11 is 0. The standard InChI is InChI=1S/C24H30FN4O9P/c1-4-36-22(32)15(2)28-39(34,38-18-11-7-9-16-8-5-6-10-17(16)18)37-14-24(26,35-3)20(25)21(31)29-13-12-19(30)27-23(29)33/h5-13,15,20-21,31H,4,14,26H2,1-3H3,(H,28,34)(H,27,30,33)/t15-,20-,21+,24+,39?/m0/s1. The number of halogens is 1. The Morgan fingerprint density at radius 2 is 1.92 bits per heavy atom. The number of aromatic nitrogens is 2. The first kappa shape index (κ1) is 30.2. The second-order valence-electron chi connectivity index (χ2n) is 8.43. The van der Waals surface area contributed by atoms with Gasteiger partial charge in [-0.15, -0.1) is 0 Å². The lowest BCUT2D eigenvalue weighted by molar-refractivity contribution is -0.146. The van der Waals surface area contributed by atoms with Crippen LogP contribution in [0.15, 0.2) is 64.3 Å². The average Bonchev–Trinajstić information content (AvgIpc) is 2.91. The fourth-order valence-corrected chi connectivity index (χ4v) is 5.07. The molecule has 15 heteroatoms. The molecule has 1 unspecified atom stereocenters. The molecule has 3 aromatic rings. The summed E-state index contributed by atoms with van der Waals surface area (Å²) in [6, 6.07) is 11.7. The number of alkyl halides is 1. The fourth-order valence-electron chi connectivity index (χ4n) is 3.52. The van der Waals surface area contributed by atoms with Gasteiger partial charge in [0.1, 0.15) is 18.4 Å². The van der Waals surface area contributed by atoms with E-state index in [1.54, 1.807) is 43.3 Å². The third kappa shape index (κ3) is 7.18. The van der Waals surface area contributed by atoms with Crippen molar-refractivity contribution in [3.8, 4) is 5.75 Å². The van der Waals surface area contributed by atoms with Gasteiger partial charge in [0.2, 0.25) is 0 Å². The summed E-state index contributed by atoms with van der Waals surface area (Å²) in [5.74, 6) is -0.638. The van der Waals surface area contributed by atoms with Gasteiger partial charge < -0.3 is 19.1 Å². The highest BCUT2D eigenvalue weighted by molar-refractivity contribution is 7.52. The highest BCUT2D eigenvalue weighted by atomic mass is 31.2. The maximum Gasteiger partial charge on any atom is 0.459 e. The minimum Gasteiger partial charge on any atom is -0.465 e. The first-order valence-corrected chi connectivity index (χ1v) is 13.3. The molecule has 39 heavy (non-hydrogen) atoms. The van der Waals surface area contributed by atoms with Crippen LogP contribution >= 0.6 is 7.75 Å². The highest BCUT2D eigenvalue weighted by Gasteiger charge is 2.45. The van der Waals surface area contributed by atoms with E-state index in [1.807, 2.05) is 4.98 Å². The number of nitrogens with one attached hydrogen (secondary N) is 2. The Morgan fingerprint density at radius 1 is 1.23 bits per heavy atom. The number of carbonyl (C=O) groups excluding carboxylic acids is 1. The summed E-state index contributed by atoms with van der Waals surface area (Å²) < 4.78 is 51.0. The van der Waals surface area contributed by atoms with Crippen LogP contribution in [0.4, 0.5) is 4.39 Å². The number of H-pyrrole nitrogens is 1. The molecule has 3 rings (SSSR count). The normalized spacial score (nSPS) is 17.0. The van der Waals surface area contributed by atoms with E-state index in [1.165, 1.54) is 13.0 Å². The molecular weight excluding hydrogens is 538 g/mol. The number of carbonyl (C=O) groups is 1. The molecule has 0 saturated heterocycles. The van der Waals surface area contributed by atoms with Crippen LogP contribution in [0.25, 0.3) is 10.8 Å². The molecule has 0 aliphatic carbocycles. The number of esters is 1. The van der Waals surface area contributed by atoms with Crippen LogP contribution in [0.1, 0.15) is 20.1 Å². The smallest absolute Gasteiger partial charge is 0.459 e. The molecule has 0 aliphatic heterocycles. The lowest BCUT2D eigenvalue weighted by Gasteiger charge is -2.34. The van der Waals surface area contributed by atoms with E-state index >= 15 is 4.39 Å². The number of hydrogen-bond donors (Lipinski definition) is 4. The van der Waals surface area contributed by atoms with Gasteiger partial charge in [-0.3, -0.25) is 29.4 Å². The van der Waals surface area contributed by atoms with Crippen LogP contribution in [0.3, 0.4) is 0 Å². The highest BCUT2D eigenvalue weighted by Crippen LogP contribution is 2.47. The van der Waals surface area contributed by atoms with Crippen molar-refractivity contribution in [1.82, 2.24) is 14.6 Å². The van der Waals surface area contributed by atoms with Gasteiger partial charge >= 0.3 is 19.4 Å². The second-order valence-corrected chi connectivity index (χ2v) is 10.1. The third-order valence-corrected chi connectivity index (χ3v) is 7.27. The summed E-state index contributed by atoms with van der Waals surface area (Å²) in [4.78, 5) is 37.4. The molecule has 1 aromatic heterocycles. The topological polar surface area (TPSA) is 184 Å². The van der Waals surface area contributed by atoms with Crippen LogP contribution in [0.2, 0.25) is 0 Å². The summed E-state index contributed by atoms with van der Waals surface area (Å²) in [7, 11) is -3.52. The van der Waals surface area contributed by atoms with Gasteiger partial charge in [0.05, 0.1) is 6.61 Å². The van der Waals surface area contributed by atoms with Gasteiger partial charge in [-0.2, -0.15) is 5.09 Å². The minimum absolute atomic E-state index is 0.0569. The van der Waals surface area contributed by atoms with Crippen LogP contribution in [0.5, 0.6) is 5.75 Å². The second kappa shape index (κ2) is 12.6. The Labute approximate surface area is 222 Å². The molecule has 212 valence electrons. The fraction of sp³-hybridized carbons (Fsp3) is 0.375. The number of ether oxygens (including phenoxy) is 2. The van der Waals surface area contributed by atoms with Crippen molar-refractivity contribution >= 4 is 24.5 Å². The van der Waals surface area contributed by atoms with E-state index in [2.05, 4.69) is 5.09 Å². The van der Waals surface area contributed by atoms with E-state index in [0.29, 0.717) is 9.95 Å². The van der Waals surface area contributed by atoms with E-state index in [9.17, 15) is 24.1 Å². The van der Waals surface area contributed by atoms with Gasteiger partial charge in [0.15, 0.2) is 18.1 Å². The number of nitrogens with two attached hydrogens (primary N) is 1. The van der Waals surface area contributed by atoms with Crippen LogP contribution in [0, 0.1) is 0 Å². The maximum absolute atomic E-state index is 15.5. The summed E-state index contributed by atoms with van der Waals surface area (Å²) in [6.07, 6.45) is -3.90. The number of benzene rings is 2. The van der Waals surface area contributed by atoms with Crippen molar-refractivity contribution in [2.45, 2.75) is 38.0 Å². The van der Waals surface area contributed by atoms with Gasteiger partial charge in [-0.25, -0.2) is 13.8 Å². The molecule has 13 nitrogen and oxygen atoms in total. The predicted octanol–water partition coefficient (Wildman–Crippen LogP) is 1.57. The Morgan fingerprint density at radius 3 is 2.59 bits per heavy atom. The number of aromatic amines is 1. The lowest BCUT2D eigenvalue weighted by Crippen LogP contribution is -2.58. The number of methoxy groups -OCH3 is 1. The van der Waals surface area contributed by atoms with Gasteiger partial charge in [0, 0.05) is 24.8 Å². The first-order chi connectivity index (χ1) is 18.4. The molecule has 1 heterocycles. The van der Waals surface area contributed by atoms with Crippen molar-refractivity contribution < 1.29 is 37.4 Å². The molecule has 5 atom stereocenters. The van der Waals surface area contributed by atoms with Crippen molar-refractivity contribution in [2.24, 2.45) is 5.73 Å². The molecule has 0 fully saturated rings. The average molecular weight is 568 g/mol. The summed E-state index contributed by atoms with van der Waals surface area (Å²) in [5, 5.41) is 14.2. The molecule has 5 N–H and O–H groups in total. The summed E-state index contributed by atoms with van der Waals surface area (Å²) in [6.45, 7) is 2.03. The van der Waals surface area contributed by atoms with E-state index in [4.69, 9.17) is 24.3 Å². The molecule has 0 bridgehead atoms. The number of nitrogens with zero attached hydrogens (tertiary/aromatic N) is 1. The SMILES string of the molecule is CCOC(=O)[C@H](C)NP(=O)(OC[C@@](N)(OC)[C@@H](F)[C@@H](O)n1ccc(=O)[nH]c1=O)Oc1cccc2ccccc12. The Kier molecular flexibility index (Phi) is 9.78. The van der Waals surface area contributed by atoms with Crippen LogP contribution in [-0.2, 0) is 23.4 Å². The van der Waals surface area contributed by atoms with Crippen molar-refractivity contribution in [3.63, 3.8) is 0 Å². The lowest BCUT2D eigenvalue weighted by atomic mass is 10.1. The van der Waals surface area contributed by atoms with Crippen molar-refractivity contribution in [3.05, 3.63) is 75.6 Å². The third-order valence-electron chi connectivity index (χ3n) is 5.66. The van der Waals surface area contributed by atoms with E-state index in [0.717, 1.165) is 24.8 Å². The van der Waals surface area contributed by atoms with Crippen molar-refractivity contribution in [2.75, 3.05) is 20.3 Å². The van der Waals surface area contributed by atoms with Gasteiger partial charge in [-0.1, -0.05) is 36.4 Å². The van der Waals surface area contributed by atoms with Crippen LogP contribution < -0.4 is 26.6 Å². The number of fused-ring (bicyclic) bond motifs is 1. The molecule has 0 saturated carbocycles. The Bertz CT molecular complexity index is 1460. The van der Waals surface area contributed by atoms with Gasteiger partial charge in [0.25, 0.3) is 5.56 Å². The van der Waals surface area contributed by atoms with Crippen LogP contribution in [-0.4, -0.2) is 58.9 Å². The zero-order valence-corrected chi connectivity index (χ0v) is 22.3. The largest absolute Gasteiger partial charge is 0.465 e. The van der Waals surface area contributed by atoms with Crippen molar-refractivity contribution in [1.29, 1.82) is 0 Å². The molecular formula is C24H30FN4O9P. The molecule has 0 spiro atoms. The van der Waals surface area contributed by atoms with E-state index < -0.39 is 55.7 Å².